The lowest BCUT2D eigenvalue weighted by atomic mass is 10.2. The third-order valence-corrected chi connectivity index (χ3v) is 2.58. The molecule has 0 unspecified atom stereocenters. The van der Waals surface area contributed by atoms with E-state index in [1.807, 2.05) is 6.07 Å². The number of aromatic nitrogens is 2. The molecule has 0 aliphatic carbocycles. The van der Waals surface area contributed by atoms with Crippen LogP contribution < -0.4 is 17.2 Å². The van der Waals surface area contributed by atoms with Crippen LogP contribution >= 0.6 is 15.9 Å². The molecule has 0 radical (unpaired) electrons. The van der Waals surface area contributed by atoms with Crippen molar-refractivity contribution in [3.8, 4) is 0 Å². The van der Waals surface area contributed by atoms with Crippen molar-refractivity contribution in [2.45, 2.75) is 0 Å². The van der Waals surface area contributed by atoms with Crippen LogP contribution in [0.25, 0.3) is 10.9 Å². The lowest BCUT2D eigenvalue weighted by Gasteiger charge is -1.96. The molecule has 0 bridgehead atoms. The first-order valence-corrected chi connectivity index (χ1v) is 5.43. The minimum absolute atomic E-state index is 0.000971. The van der Waals surface area contributed by atoms with E-state index in [0.717, 1.165) is 15.5 Å². The Balaban J connectivity index is 2.40. The number of guanidine groups is 2. The topological polar surface area (TPSA) is 131 Å². The number of hydrogen-bond donors (Lipinski definition) is 4. The van der Waals surface area contributed by atoms with Crippen LogP contribution in [0, 0.1) is 0 Å². The number of aromatic amines is 1. The van der Waals surface area contributed by atoms with Crippen molar-refractivity contribution >= 4 is 44.4 Å². The highest BCUT2D eigenvalue weighted by atomic mass is 79.9. The smallest absolute Gasteiger partial charge is 0.223 e. The minimum Gasteiger partial charge on any atom is -0.370 e. The normalized spacial score (nSPS) is 11.7. The van der Waals surface area contributed by atoms with E-state index in [1.54, 1.807) is 12.1 Å². The molecule has 2 rings (SSSR count). The second-order valence-electron chi connectivity index (χ2n) is 3.25. The lowest BCUT2D eigenvalue weighted by molar-refractivity contribution is 1.10. The Labute approximate surface area is 105 Å². The van der Waals surface area contributed by atoms with Crippen molar-refractivity contribution < 1.29 is 0 Å². The fourth-order valence-electron chi connectivity index (χ4n) is 1.33. The average Bonchev–Trinajstić information content (AvgIpc) is 2.58. The van der Waals surface area contributed by atoms with Gasteiger partial charge in [0.25, 0.3) is 0 Å². The zero-order valence-corrected chi connectivity index (χ0v) is 10.3. The van der Waals surface area contributed by atoms with E-state index in [4.69, 9.17) is 17.2 Å². The van der Waals surface area contributed by atoms with Crippen LogP contribution in [0.4, 0.5) is 5.69 Å². The van der Waals surface area contributed by atoms with Crippen molar-refractivity contribution in [2.24, 2.45) is 27.2 Å². The van der Waals surface area contributed by atoms with Gasteiger partial charge in [0.2, 0.25) is 5.96 Å². The standard InChI is InChI=1S/C9H10BrN7/c10-7-5-2-1-4(3-6(5)16-17-7)14-9(13)15-8(11)12/h1-3H,(H,16,17)(H6,11,12,13,14,15). The maximum Gasteiger partial charge on any atom is 0.223 e. The predicted molar refractivity (Wildman–Crippen MR) is 70.9 cm³/mol. The number of rotatable bonds is 1. The molecule has 0 saturated heterocycles. The van der Waals surface area contributed by atoms with E-state index in [-0.39, 0.29) is 11.9 Å². The van der Waals surface area contributed by atoms with Crippen LogP contribution in [-0.2, 0) is 0 Å². The van der Waals surface area contributed by atoms with Crippen LogP contribution in [0.3, 0.4) is 0 Å². The molecule has 0 fully saturated rings. The largest absolute Gasteiger partial charge is 0.370 e. The van der Waals surface area contributed by atoms with E-state index in [2.05, 4.69) is 36.1 Å². The molecule has 0 aliphatic heterocycles. The number of benzene rings is 1. The maximum absolute atomic E-state index is 5.52. The fourth-order valence-corrected chi connectivity index (χ4v) is 1.75. The molecule has 7 N–H and O–H groups in total. The van der Waals surface area contributed by atoms with Gasteiger partial charge in [-0.3, -0.25) is 5.10 Å². The highest BCUT2D eigenvalue weighted by Crippen LogP contribution is 2.24. The summed E-state index contributed by atoms with van der Waals surface area (Å²) in [5, 5.41) is 7.85. The molecule has 0 atom stereocenters. The van der Waals surface area contributed by atoms with Crippen LogP contribution in [0.2, 0.25) is 0 Å². The molecule has 1 aromatic heterocycles. The summed E-state index contributed by atoms with van der Waals surface area (Å²) in [5.74, 6) is -0.131. The Morgan fingerprint density at radius 1 is 1.29 bits per heavy atom. The minimum atomic E-state index is -0.130. The number of aliphatic imine (C=N–C) groups is 2. The van der Waals surface area contributed by atoms with Crippen molar-refractivity contribution in [3.05, 3.63) is 22.8 Å². The summed E-state index contributed by atoms with van der Waals surface area (Å²) in [4.78, 5) is 7.66. The van der Waals surface area contributed by atoms with Gasteiger partial charge in [-0.1, -0.05) is 0 Å². The van der Waals surface area contributed by atoms with Gasteiger partial charge in [0.1, 0.15) is 4.60 Å². The maximum atomic E-state index is 5.52. The molecule has 7 nitrogen and oxygen atoms in total. The number of halogens is 1. The summed E-state index contributed by atoms with van der Waals surface area (Å²) in [6.07, 6.45) is 0. The summed E-state index contributed by atoms with van der Waals surface area (Å²) in [7, 11) is 0. The molecular formula is C9H10BrN7. The fraction of sp³-hybridized carbons (Fsp3) is 0. The van der Waals surface area contributed by atoms with E-state index in [0.29, 0.717) is 5.69 Å². The van der Waals surface area contributed by atoms with E-state index in [9.17, 15) is 0 Å². The van der Waals surface area contributed by atoms with Crippen molar-refractivity contribution in [1.29, 1.82) is 0 Å². The number of H-pyrrole nitrogens is 1. The van der Waals surface area contributed by atoms with Gasteiger partial charge < -0.3 is 17.2 Å². The van der Waals surface area contributed by atoms with Crippen molar-refractivity contribution in [1.82, 2.24) is 10.2 Å². The van der Waals surface area contributed by atoms with Gasteiger partial charge in [0.15, 0.2) is 5.96 Å². The Morgan fingerprint density at radius 2 is 2.06 bits per heavy atom. The first-order valence-electron chi connectivity index (χ1n) is 4.63. The van der Waals surface area contributed by atoms with Gasteiger partial charge in [-0.2, -0.15) is 10.1 Å². The highest BCUT2D eigenvalue weighted by Gasteiger charge is 2.03. The first kappa shape index (κ1) is 11.4. The van der Waals surface area contributed by atoms with Crippen molar-refractivity contribution in [2.75, 3.05) is 0 Å². The Bertz CT molecular complexity index is 609. The Kier molecular flexibility index (Phi) is 2.96. The molecular weight excluding hydrogens is 286 g/mol. The summed E-state index contributed by atoms with van der Waals surface area (Å²) >= 11 is 3.34. The van der Waals surface area contributed by atoms with E-state index >= 15 is 0 Å². The molecule has 0 amide bonds. The van der Waals surface area contributed by atoms with Crippen LogP contribution in [-0.4, -0.2) is 22.1 Å². The Morgan fingerprint density at radius 3 is 2.76 bits per heavy atom. The van der Waals surface area contributed by atoms with Gasteiger partial charge in [0, 0.05) is 5.39 Å². The lowest BCUT2D eigenvalue weighted by Crippen LogP contribution is -2.26. The molecule has 1 aromatic carbocycles. The number of nitrogens with two attached hydrogens (primary N) is 3. The van der Waals surface area contributed by atoms with Gasteiger partial charge >= 0.3 is 0 Å². The zero-order valence-electron chi connectivity index (χ0n) is 8.68. The SMILES string of the molecule is NC(N)=NC(N)=Nc1ccc2c(Br)[nH]nc2c1. The molecule has 88 valence electrons. The first-order chi connectivity index (χ1) is 8.06. The number of fused-ring (bicyclic) bond motifs is 1. The quantitative estimate of drug-likeness (QED) is 0.452. The molecule has 2 aromatic rings. The summed E-state index contributed by atoms with van der Waals surface area (Å²) in [5.41, 5.74) is 17.3. The number of nitrogens with zero attached hydrogens (tertiary/aromatic N) is 3. The molecule has 17 heavy (non-hydrogen) atoms. The van der Waals surface area contributed by atoms with E-state index < -0.39 is 0 Å². The summed E-state index contributed by atoms with van der Waals surface area (Å²) < 4.78 is 0.820. The number of hydrogen-bond acceptors (Lipinski definition) is 2. The Hall–Kier alpha value is -2.09. The van der Waals surface area contributed by atoms with Crippen LogP contribution in [0.5, 0.6) is 0 Å². The third kappa shape index (κ3) is 2.53. The molecule has 8 heteroatoms. The monoisotopic (exact) mass is 295 g/mol. The second kappa shape index (κ2) is 4.42. The van der Waals surface area contributed by atoms with Gasteiger partial charge in [-0.15, -0.1) is 0 Å². The second-order valence-corrected chi connectivity index (χ2v) is 4.04. The van der Waals surface area contributed by atoms with Gasteiger partial charge in [-0.05, 0) is 34.1 Å². The zero-order chi connectivity index (χ0) is 12.4. The summed E-state index contributed by atoms with van der Waals surface area (Å²) in [6, 6.07) is 5.42. The molecule has 1 heterocycles. The van der Waals surface area contributed by atoms with Crippen LogP contribution in [0.1, 0.15) is 0 Å². The van der Waals surface area contributed by atoms with Gasteiger partial charge in [-0.25, -0.2) is 4.99 Å². The molecule has 0 saturated carbocycles. The number of nitrogens with one attached hydrogen (secondary N) is 1. The van der Waals surface area contributed by atoms with Crippen LogP contribution in [0.15, 0.2) is 32.8 Å². The summed E-state index contributed by atoms with van der Waals surface area (Å²) in [6.45, 7) is 0. The third-order valence-electron chi connectivity index (χ3n) is 1.98. The molecule has 0 spiro atoms. The average molecular weight is 296 g/mol. The highest BCUT2D eigenvalue weighted by molar-refractivity contribution is 9.10. The van der Waals surface area contributed by atoms with E-state index in [1.165, 1.54) is 0 Å². The van der Waals surface area contributed by atoms with Gasteiger partial charge in [0.05, 0.1) is 11.2 Å². The molecule has 0 aliphatic rings. The predicted octanol–water partition coefficient (Wildman–Crippen LogP) is 0.545. The van der Waals surface area contributed by atoms with Crippen molar-refractivity contribution in [3.63, 3.8) is 0 Å².